The predicted molar refractivity (Wildman–Crippen MR) is 94.3 cm³/mol. The zero-order valence-corrected chi connectivity index (χ0v) is 15.2. The number of ether oxygens (including phenoxy) is 1. The van der Waals surface area contributed by atoms with Crippen LogP contribution in [0.5, 0.6) is 0 Å². The first-order chi connectivity index (χ1) is 11.0. The van der Waals surface area contributed by atoms with Crippen LogP contribution in [0.3, 0.4) is 0 Å². The molecular weight excluding hydrogens is 310 g/mol. The highest BCUT2D eigenvalue weighted by Crippen LogP contribution is 2.38. The van der Waals surface area contributed by atoms with Gasteiger partial charge in [-0.2, -0.15) is 0 Å². The fourth-order valence-corrected chi connectivity index (χ4v) is 4.16. The summed E-state index contributed by atoms with van der Waals surface area (Å²) in [5, 5.41) is 3.64. The minimum atomic E-state index is -0.303. The average molecular weight is 337 g/mol. The van der Waals surface area contributed by atoms with Crippen LogP contribution in [0.4, 0.5) is 5.00 Å². The second-order valence-corrected chi connectivity index (χ2v) is 7.48. The van der Waals surface area contributed by atoms with Gasteiger partial charge in [0, 0.05) is 11.3 Å². The Kier molecular flexibility index (Phi) is 6.63. The monoisotopic (exact) mass is 337 g/mol. The molecule has 5 heteroatoms. The molecule has 0 fully saturated rings. The Bertz CT molecular complexity index is 563. The lowest BCUT2D eigenvalue weighted by atomic mass is 9.95. The van der Waals surface area contributed by atoms with Gasteiger partial charge in [-0.25, -0.2) is 4.79 Å². The Balaban J connectivity index is 2.18. The van der Waals surface area contributed by atoms with Gasteiger partial charge in [-0.1, -0.05) is 19.8 Å². The number of carbonyl (C=O) groups excluding carboxylic acids is 2. The second kappa shape index (κ2) is 8.48. The molecule has 1 amide bonds. The van der Waals surface area contributed by atoms with Crippen molar-refractivity contribution >= 4 is 28.2 Å². The number of fused-ring (bicyclic) bond motifs is 1. The fourth-order valence-electron chi connectivity index (χ4n) is 2.87. The van der Waals surface area contributed by atoms with E-state index in [9.17, 15) is 9.59 Å². The lowest BCUT2D eigenvalue weighted by Gasteiger charge is -2.14. The summed E-state index contributed by atoms with van der Waals surface area (Å²) in [6.45, 7) is 5.81. The van der Waals surface area contributed by atoms with Gasteiger partial charge in [-0.3, -0.25) is 4.79 Å². The van der Waals surface area contributed by atoms with Gasteiger partial charge in [0.2, 0.25) is 5.91 Å². The molecule has 1 aromatic heterocycles. The van der Waals surface area contributed by atoms with Crippen molar-refractivity contribution < 1.29 is 14.3 Å². The Morgan fingerprint density at radius 2 is 1.96 bits per heavy atom. The Morgan fingerprint density at radius 3 is 2.65 bits per heavy atom. The van der Waals surface area contributed by atoms with E-state index in [2.05, 4.69) is 12.2 Å². The molecule has 128 valence electrons. The summed E-state index contributed by atoms with van der Waals surface area (Å²) in [7, 11) is 0. The number of rotatable bonds is 7. The summed E-state index contributed by atoms with van der Waals surface area (Å²) < 4.78 is 5.40. The van der Waals surface area contributed by atoms with E-state index >= 15 is 0 Å². The summed E-state index contributed by atoms with van der Waals surface area (Å²) in [4.78, 5) is 25.9. The minimum Gasteiger partial charge on any atom is -0.459 e. The SMILES string of the molecule is CCCCCC(=O)Nc1sc2c(c1C(=O)OC(C)C)CCCC2. The quantitative estimate of drug-likeness (QED) is 0.579. The topological polar surface area (TPSA) is 55.4 Å². The van der Waals surface area contributed by atoms with Gasteiger partial charge < -0.3 is 10.1 Å². The molecule has 0 bridgehead atoms. The number of hydrogen-bond donors (Lipinski definition) is 1. The van der Waals surface area contributed by atoms with Crippen LogP contribution in [0.1, 0.15) is 80.1 Å². The van der Waals surface area contributed by atoms with Crippen LogP contribution in [0.15, 0.2) is 0 Å². The van der Waals surface area contributed by atoms with Crippen molar-refractivity contribution in [3.05, 3.63) is 16.0 Å². The van der Waals surface area contributed by atoms with Crippen molar-refractivity contribution in [2.24, 2.45) is 0 Å². The maximum absolute atomic E-state index is 12.5. The molecular formula is C18H27NO3S. The molecule has 0 unspecified atom stereocenters. The van der Waals surface area contributed by atoms with E-state index < -0.39 is 0 Å². The van der Waals surface area contributed by atoms with Crippen molar-refractivity contribution in [1.82, 2.24) is 0 Å². The molecule has 1 aromatic rings. The van der Waals surface area contributed by atoms with Crippen molar-refractivity contribution in [3.8, 4) is 0 Å². The smallest absolute Gasteiger partial charge is 0.341 e. The fraction of sp³-hybridized carbons (Fsp3) is 0.667. The molecule has 0 saturated heterocycles. The van der Waals surface area contributed by atoms with Crippen LogP contribution in [0.25, 0.3) is 0 Å². The largest absolute Gasteiger partial charge is 0.459 e. The third-order valence-corrected chi connectivity index (χ3v) is 5.19. The first-order valence-electron chi connectivity index (χ1n) is 8.68. The number of hydrogen-bond acceptors (Lipinski definition) is 4. The minimum absolute atomic E-state index is 0.00403. The number of aryl methyl sites for hydroxylation is 1. The summed E-state index contributed by atoms with van der Waals surface area (Å²) in [5.41, 5.74) is 1.69. The molecule has 0 spiro atoms. The van der Waals surface area contributed by atoms with E-state index in [1.165, 1.54) is 4.88 Å². The maximum atomic E-state index is 12.5. The highest BCUT2D eigenvalue weighted by Gasteiger charge is 2.27. The van der Waals surface area contributed by atoms with Gasteiger partial charge in [-0.05, 0) is 51.5 Å². The molecule has 2 rings (SSSR count). The number of unbranched alkanes of at least 4 members (excludes halogenated alkanes) is 2. The zero-order chi connectivity index (χ0) is 16.8. The van der Waals surface area contributed by atoms with Crippen LogP contribution in [-0.2, 0) is 22.4 Å². The van der Waals surface area contributed by atoms with Crippen LogP contribution in [-0.4, -0.2) is 18.0 Å². The molecule has 0 aromatic carbocycles. The number of thiophene rings is 1. The highest BCUT2D eigenvalue weighted by molar-refractivity contribution is 7.17. The summed E-state index contributed by atoms with van der Waals surface area (Å²) in [6.07, 6.45) is 7.52. The number of esters is 1. The molecule has 0 aliphatic heterocycles. The molecule has 1 N–H and O–H groups in total. The predicted octanol–water partition coefficient (Wildman–Crippen LogP) is 4.71. The second-order valence-electron chi connectivity index (χ2n) is 6.37. The van der Waals surface area contributed by atoms with Gasteiger partial charge in [0.15, 0.2) is 0 Å². The summed E-state index contributed by atoms with van der Waals surface area (Å²) in [6, 6.07) is 0. The van der Waals surface area contributed by atoms with Crippen molar-refractivity contribution in [2.75, 3.05) is 5.32 Å². The van der Waals surface area contributed by atoms with Gasteiger partial charge in [0.25, 0.3) is 0 Å². The molecule has 1 aliphatic carbocycles. The van der Waals surface area contributed by atoms with E-state index in [1.54, 1.807) is 11.3 Å². The van der Waals surface area contributed by atoms with E-state index in [-0.39, 0.29) is 18.0 Å². The van der Waals surface area contributed by atoms with Crippen LogP contribution in [0.2, 0.25) is 0 Å². The third-order valence-electron chi connectivity index (χ3n) is 3.98. The normalized spacial score (nSPS) is 13.7. The van der Waals surface area contributed by atoms with Gasteiger partial charge in [0.1, 0.15) is 5.00 Å². The average Bonchev–Trinajstić information content (AvgIpc) is 2.84. The van der Waals surface area contributed by atoms with Gasteiger partial charge in [0.05, 0.1) is 11.7 Å². The summed E-state index contributed by atoms with van der Waals surface area (Å²) in [5.74, 6) is -0.307. The molecule has 0 radical (unpaired) electrons. The van der Waals surface area contributed by atoms with Gasteiger partial charge in [-0.15, -0.1) is 11.3 Å². The van der Waals surface area contributed by atoms with E-state index in [1.807, 2.05) is 13.8 Å². The first-order valence-corrected chi connectivity index (χ1v) is 9.50. The molecule has 1 heterocycles. The van der Waals surface area contributed by atoms with Crippen molar-refractivity contribution in [3.63, 3.8) is 0 Å². The Hall–Kier alpha value is -1.36. The van der Waals surface area contributed by atoms with E-state index in [0.717, 1.165) is 50.5 Å². The molecule has 0 saturated carbocycles. The van der Waals surface area contributed by atoms with E-state index in [0.29, 0.717) is 17.0 Å². The third kappa shape index (κ3) is 4.80. The Morgan fingerprint density at radius 1 is 1.22 bits per heavy atom. The van der Waals surface area contributed by atoms with Crippen LogP contribution < -0.4 is 5.32 Å². The number of nitrogens with one attached hydrogen (secondary N) is 1. The van der Waals surface area contributed by atoms with Crippen molar-refractivity contribution in [2.45, 2.75) is 78.2 Å². The highest BCUT2D eigenvalue weighted by atomic mass is 32.1. The zero-order valence-electron chi connectivity index (χ0n) is 14.4. The molecule has 0 atom stereocenters. The number of amides is 1. The lowest BCUT2D eigenvalue weighted by molar-refractivity contribution is -0.116. The van der Waals surface area contributed by atoms with Gasteiger partial charge >= 0.3 is 5.97 Å². The maximum Gasteiger partial charge on any atom is 0.341 e. The van der Waals surface area contributed by atoms with Crippen molar-refractivity contribution in [1.29, 1.82) is 0 Å². The van der Waals surface area contributed by atoms with E-state index in [4.69, 9.17) is 4.74 Å². The summed E-state index contributed by atoms with van der Waals surface area (Å²) >= 11 is 1.55. The molecule has 23 heavy (non-hydrogen) atoms. The molecule has 4 nitrogen and oxygen atoms in total. The standard InChI is InChI=1S/C18H27NO3S/c1-4-5-6-11-15(20)19-17-16(18(21)22-12(2)3)13-9-7-8-10-14(13)23-17/h12H,4-11H2,1-3H3,(H,19,20). The van der Waals surface area contributed by atoms with Crippen LogP contribution >= 0.6 is 11.3 Å². The first kappa shape index (κ1) is 18.0. The van der Waals surface area contributed by atoms with Crippen LogP contribution in [0, 0.1) is 0 Å². The Labute approximate surface area is 142 Å². The molecule has 1 aliphatic rings. The lowest BCUT2D eigenvalue weighted by Crippen LogP contribution is -2.17. The number of anilines is 1. The number of carbonyl (C=O) groups is 2.